The zero-order valence-electron chi connectivity index (χ0n) is 6.06. The Morgan fingerprint density at radius 1 is 1.64 bits per heavy atom. The largest absolute Gasteiger partial charge is 0.464 e. The topological polar surface area (TPSA) is 26.3 Å². The highest BCUT2D eigenvalue weighted by molar-refractivity contribution is 6.52. The van der Waals surface area contributed by atoms with Crippen LogP contribution in [-0.4, -0.2) is 17.4 Å². The van der Waals surface area contributed by atoms with Crippen LogP contribution in [0.2, 0.25) is 0 Å². The van der Waals surface area contributed by atoms with Crippen molar-refractivity contribution < 1.29 is 9.53 Å². The molecule has 0 saturated heterocycles. The maximum absolute atomic E-state index is 10.6. The number of rotatable bonds is 5. The predicted molar refractivity (Wildman–Crippen MR) is 45.9 cm³/mol. The first-order valence-corrected chi connectivity index (χ1v) is 4.11. The smallest absolute Gasteiger partial charge is 0.339 e. The average Bonchev–Trinajstić information content (AvgIpc) is 1.97. The van der Waals surface area contributed by atoms with Crippen LogP contribution in [-0.2, 0) is 9.53 Å². The molecule has 64 valence electrons. The van der Waals surface area contributed by atoms with Crippen LogP contribution >= 0.6 is 23.2 Å². The molecule has 0 atom stereocenters. The van der Waals surface area contributed by atoms with Gasteiger partial charge in [0.25, 0.3) is 0 Å². The van der Waals surface area contributed by atoms with Crippen molar-refractivity contribution in [2.45, 2.75) is 17.7 Å². The van der Waals surface area contributed by atoms with Crippen LogP contribution in [0.25, 0.3) is 0 Å². The first kappa shape index (κ1) is 10.8. The Hall–Kier alpha value is -0.210. The first-order chi connectivity index (χ1) is 5.18. The molecule has 0 aromatic rings. The van der Waals surface area contributed by atoms with Gasteiger partial charge in [-0.05, 0) is 12.8 Å². The van der Waals surface area contributed by atoms with E-state index in [9.17, 15) is 4.79 Å². The second-order valence-corrected chi connectivity index (χ2v) is 3.00. The van der Waals surface area contributed by atoms with E-state index in [2.05, 4.69) is 11.3 Å². The van der Waals surface area contributed by atoms with Gasteiger partial charge in [-0.1, -0.05) is 29.3 Å². The number of halogens is 2. The maximum Gasteiger partial charge on any atom is 0.339 e. The van der Waals surface area contributed by atoms with Gasteiger partial charge in [0, 0.05) is 0 Å². The summed E-state index contributed by atoms with van der Waals surface area (Å²) >= 11 is 10.4. The van der Waals surface area contributed by atoms with Gasteiger partial charge in [0.05, 0.1) is 6.61 Å². The van der Waals surface area contributed by atoms with E-state index in [1.165, 1.54) is 0 Å². The number of ether oxygens (including phenoxy) is 1. The predicted octanol–water partition coefficient (Wildman–Crippen LogP) is 2.30. The van der Waals surface area contributed by atoms with Crippen molar-refractivity contribution in [2.24, 2.45) is 0 Å². The van der Waals surface area contributed by atoms with Crippen LogP contribution in [0.4, 0.5) is 0 Å². The molecule has 0 N–H and O–H groups in total. The van der Waals surface area contributed by atoms with E-state index in [0.29, 0.717) is 6.61 Å². The van der Waals surface area contributed by atoms with Crippen molar-refractivity contribution in [3.63, 3.8) is 0 Å². The fourth-order valence-electron chi connectivity index (χ4n) is 0.463. The van der Waals surface area contributed by atoms with Gasteiger partial charge in [-0.3, -0.25) is 0 Å². The van der Waals surface area contributed by atoms with Gasteiger partial charge in [-0.15, -0.1) is 6.58 Å². The minimum Gasteiger partial charge on any atom is -0.464 e. The Labute approximate surface area is 76.1 Å². The molecular formula is C7H10Cl2O2. The summed E-state index contributed by atoms with van der Waals surface area (Å²) in [6.07, 6.45) is 3.34. The third kappa shape index (κ3) is 6.20. The van der Waals surface area contributed by atoms with Gasteiger partial charge in [0.15, 0.2) is 0 Å². The SMILES string of the molecule is C=CCCCOC(=O)C(Cl)Cl. The van der Waals surface area contributed by atoms with Gasteiger partial charge in [-0.25, -0.2) is 4.79 Å². The Morgan fingerprint density at radius 3 is 2.73 bits per heavy atom. The standard InChI is InChI=1S/C7H10Cl2O2/c1-2-3-4-5-11-7(10)6(8)9/h2,6H,1,3-5H2. The lowest BCUT2D eigenvalue weighted by Gasteiger charge is -2.02. The van der Waals surface area contributed by atoms with Gasteiger partial charge < -0.3 is 4.74 Å². The number of hydrogen-bond acceptors (Lipinski definition) is 2. The maximum atomic E-state index is 10.6. The molecule has 0 aromatic carbocycles. The van der Waals surface area contributed by atoms with E-state index in [4.69, 9.17) is 23.2 Å². The lowest BCUT2D eigenvalue weighted by Crippen LogP contribution is -2.12. The third-order valence-electron chi connectivity index (χ3n) is 0.975. The molecule has 2 nitrogen and oxygen atoms in total. The fraction of sp³-hybridized carbons (Fsp3) is 0.571. The molecule has 0 aromatic heterocycles. The minimum atomic E-state index is -1.07. The number of carbonyl (C=O) groups excluding carboxylic acids is 1. The van der Waals surface area contributed by atoms with Crippen LogP contribution in [0.15, 0.2) is 12.7 Å². The number of hydrogen-bond donors (Lipinski definition) is 0. The number of alkyl halides is 2. The van der Waals surface area contributed by atoms with E-state index in [1.807, 2.05) is 0 Å². The third-order valence-corrected chi connectivity index (χ3v) is 1.33. The molecule has 0 saturated carbocycles. The highest BCUT2D eigenvalue weighted by atomic mass is 35.5. The van der Waals surface area contributed by atoms with E-state index in [-0.39, 0.29) is 0 Å². The van der Waals surface area contributed by atoms with Crippen molar-refractivity contribution in [3.05, 3.63) is 12.7 Å². The molecule has 4 heteroatoms. The Bertz CT molecular complexity index is 134. The summed E-state index contributed by atoms with van der Waals surface area (Å²) in [4.78, 5) is 9.52. The Morgan fingerprint density at radius 2 is 2.27 bits per heavy atom. The van der Waals surface area contributed by atoms with E-state index in [0.717, 1.165) is 12.8 Å². The fourth-order valence-corrected chi connectivity index (χ4v) is 0.589. The summed E-state index contributed by atoms with van der Waals surface area (Å²) in [6.45, 7) is 3.87. The summed E-state index contributed by atoms with van der Waals surface area (Å²) in [5.74, 6) is -0.586. The average molecular weight is 197 g/mol. The summed E-state index contributed by atoms with van der Waals surface area (Å²) in [7, 11) is 0. The number of esters is 1. The highest BCUT2D eigenvalue weighted by Crippen LogP contribution is 2.04. The minimum absolute atomic E-state index is 0.348. The van der Waals surface area contributed by atoms with Crippen LogP contribution in [0.3, 0.4) is 0 Å². The van der Waals surface area contributed by atoms with Crippen LogP contribution in [0, 0.1) is 0 Å². The summed E-state index contributed by atoms with van der Waals surface area (Å²) < 4.78 is 4.65. The first-order valence-electron chi connectivity index (χ1n) is 3.24. The quantitative estimate of drug-likeness (QED) is 0.292. The van der Waals surface area contributed by atoms with Crippen molar-refractivity contribution in [2.75, 3.05) is 6.61 Å². The molecule has 11 heavy (non-hydrogen) atoms. The molecule has 0 aliphatic heterocycles. The lowest BCUT2D eigenvalue weighted by molar-refractivity contribution is -0.141. The Kier molecular flexibility index (Phi) is 6.37. The zero-order valence-corrected chi connectivity index (χ0v) is 7.57. The molecule has 0 unspecified atom stereocenters. The lowest BCUT2D eigenvalue weighted by atomic mass is 10.3. The molecule has 0 heterocycles. The molecule has 0 spiro atoms. The van der Waals surface area contributed by atoms with E-state index >= 15 is 0 Å². The Balaban J connectivity index is 3.24. The number of unbranched alkanes of at least 4 members (excludes halogenated alkanes) is 1. The van der Waals surface area contributed by atoms with Crippen molar-refractivity contribution in [1.29, 1.82) is 0 Å². The normalized spacial score (nSPS) is 9.73. The van der Waals surface area contributed by atoms with E-state index in [1.54, 1.807) is 6.08 Å². The van der Waals surface area contributed by atoms with E-state index < -0.39 is 10.8 Å². The monoisotopic (exact) mass is 196 g/mol. The summed E-state index contributed by atoms with van der Waals surface area (Å²) in [5.41, 5.74) is 0. The number of carbonyl (C=O) groups is 1. The molecule has 0 rings (SSSR count). The van der Waals surface area contributed by atoms with Gasteiger partial charge in [0.2, 0.25) is 4.84 Å². The van der Waals surface area contributed by atoms with Crippen molar-refractivity contribution in [3.8, 4) is 0 Å². The van der Waals surface area contributed by atoms with Gasteiger partial charge >= 0.3 is 5.97 Å². The van der Waals surface area contributed by atoms with Crippen LogP contribution < -0.4 is 0 Å². The molecule has 0 amide bonds. The summed E-state index contributed by atoms with van der Waals surface area (Å²) in [5, 5.41) is 0. The number of allylic oxidation sites excluding steroid dienone is 1. The zero-order chi connectivity index (χ0) is 8.69. The molecule has 0 aliphatic carbocycles. The molecule has 0 radical (unpaired) electrons. The van der Waals surface area contributed by atoms with Crippen molar-refractivity contribution >= 4 is 29.2 Å². The van der Waals surface area contributed by atoms with Crippen LogP contribution in [0.5, 0.6) is 0 Å². The second-order valence-electron chi connectivity index (χ2n) is 1.90. The van der Waals surface area contributed by atoms with Crippen LogP contribution in [0.1, 0.15) is 12.8 Å². The molecule has 0 aliphatic rings. The summed E-state index contributed by atoms with van der Waals surface area (Å²) in [6, 6.07) is 0. The van der Waals surface area contributed by atoms with Crippen molar-refractivity contribution in [1.82, 2.24) is 0 Å². The molecule has 0 bridgehead atoms. The highest BCUT2D eigenvalue weighted by Gasteiger charge is 2.11. The van der Waals surface area contributed by atoms with Gasteiger partial charge in [-0.2, -0.15) is 0 Å². The molecule has 0 fully saturated rings. The second kappa shape index (κ2) is 6.50. The molecular weight excluding hydrogens is 187 g/mol. The van der Waals surface area contributed by atoms with Gasteiger partial charge in [0.1, 0.15) is 0 Å².